The number of nitrogens with zero attached hydrogens (tertiary/aromatic N) is 2. The second-order valence-electron chi connectivity index (χ2n) is 4.94. The monoisotopic (exact) mass is 268 g/mol. The van der Waals surface area contributed by atoms with Gasteiger partial charge in [0.25, 0.3) is 5.91 Å². The van der Waals surface area contributed by atoms with Gasteiger partial charge in [-0.3, -0.25) is 4.79 Å². The van der Waals surface area contributed by atoms with Crippen LogP contribution in [0.25, 0.3) is 0 Å². The number of nitrogen functional groups attached to an aromatic ring is 1. The van der Waals surface area contributed by atoms with Gasteiger partial charge in [0.2, 0.25) is 0 Å². The largest absolute Gasteiger partial charge is 0.382 e. The SMILES string of the molecule is Nc1cnc(C(=O)NC2CCCc3ccccc32)cn1. The van der Waals surface area contributed by atoms with Crippen LogP contribution in [0.3, 0.4) is 0 Å². The van der Waals surface area contributed by atoms with E-state index in [2.05, 4.69) is 27.4 Å². The second kappa shape index (κ2) is 5.28. The van der Waals surface area contributed by atoms with Crippen LogP contribution in [0.4, 0.5) is 5.82 Å². The molecule has 0 saturated heterocycles. The predicted octanol–water partition coefficient (Wildman–Crippen LogP) is 1.87. The molecule has 1 aliphatic carbocycles. The van der Waals surface area contributed by atoms with Crippen molar-refractivity contribution < 1.29 is 4.79 Å². The first kappa shape index (κ1) is 12.6. The highest BCUT2D eigenvalue weighted by molar-refractivity contribution is 5.92. The molecule has 5 heteroatoms. The molecule has 0 saturated carbocycles. The van der Waals surface area contributed by atoms with Crippen LogP contribution in [-0.2, 0) is 6.42 Å². The van der Waals surface area contributed by atoms with Gasteiger partial charge in [-0.25, -0.2) is 9.97 Å². The van der Waals surface area contributed by atoms with Gasteiger partial charge in [-0.1, -0.05) is 24.3 Å². The third-order valence-corrected chi connectivity index (χ3v) is 3.58. The van der Waals surface area contributed by atoms with Gasteiger partial charge in [-0.2, -0.15) is 0 Å². The number of fused-ring (bicyclic) bond motifs is 1. The first-order chi connectivity index (χ1) is 9.74. The van der Waals surface area contributed by atoms with Crippen molar-refractivity contribution in [2.75, 3.05) is 5.73 Å². The smallest absolute Gasteiger partial charge is 0.271 e. The summed E-state index contributed by atoms with van der Waals surface area (Å²) in [5.74, 6) is 0.101. The van der Waals surface area contributed by atoms with Gasteiger partial charge in [0.05, 0.1) is 18.4 Å². The van der Waals surface area contributed by atoms with Crippen LogP contribution < -0.4 is 11.1 Å². The number of hydrogen-bond acceptors (Lipinski definition) is 4. The number of hydrogen-bond donors (Lipinski definition) is 2. The molecule has 1 aromatic heterocycles. The zero-order valence-corrected chi connectivity index (χ0v) is 11.0. The van der Waals surface area contributed by atoms with Crippen molar-refractivity contribution in [3.05, 3.63) is 53.5 Å². The zero-order chi connectivity index (χ0) is 13.9. The van der Waals surface area contributed by atoms with Crippen molar-refractivity contribution in [3.63, 3.8) is 0 Å². The molecule has 0 bridgehead atoms. The number of carbonyl (C=O) groups excluding carboxylic acids is 1. The Bertz CT molecular complexity index is 624. The minimum atomic E-state index is -0.209. The van der Waals surface area contributed by atoms with E-state index in [0.29, 0.717) is 11.5 Å². The summed E-state index contributed by atoms with van der Waals surface area (Å²) in [4.78, 5) is 20.1. The van der Waals surface area contributed by atoms with Crippen molar-refractivity contribution >= 4 is 11.7 Å². The van der Waals surface area contributed by atoms with Gasteiger partial charge in [0, 0.05) is 0 Å². The average Bonchev–Trinajstić information content (AvgIpc) is 2.48. The molecule has 20 heavy (non-hydrogen) atoms. The number of carbonyl (C=O) groups is 1. The highest BCUT2D eigenvalue weighted by atomic mass is 16.1. The van der Waals surface area contributed by atoms with Gasteiger partial charge >= 0.3 is 0 Å². The van der Waals surface area contributed by atoms with Crippen LogP contribution in [0.2, 0.25) is 0 Å². The first-order valence-electron chi connectivity index (χ1n) is 6.70. The molecule has 5 nitrogen and oxygen atoms in total. The average molecular weight is 268 g/mol. The minimum Gasteiger partial charge on any atom is -0.382 e. The Morgan fingerprint density at radius 2 is 2.10 bits per heavy atom. The van der Waals surface area contributed by atoms with E-state index in [9.17, 15) is 4.79 Å². The maximum Gasteiger partial charge on any atom is 0.271 e. The summed E-state index contributed by atoms with van der Waals surface area (Å²) >= 11 is 0. The summed E-state index contributed by atoms with van der Waals surface area (Å²) in [6, 6.07) is 8.29. The summed E-state index contributed by atoms with van der Waals surface area (Å²) in [6.45, 7) is 0. The Balaban J connectivity index is 1.79. The lowest BCUT2D eigenvalue weighted by Gasteiger charge is -2.26. The number of aromatic nitrogens is 2. The molecular formula is C15H16N4O. The van der Waals surface area contributed by atoms with Gasteiger partial charge in [-0.05, 0) is 30.4 Å². The van der Waals surface area contributed by atoms with Crippen LogP contribution in [0.1, 0.15) is 40.5 Å². The number of aryl methyl sites for hydroxylation is 1. The molecule has 1 aliphatic rings. The van der Waals surface area contributed by atoms with E-state index >= 15 is 0 Å². The van der Waals surface area contributed by atoms with Crippen LogP contribution in [0.15, 0.2) is 36.7 Å². The number of benzene rings is 1. The number of rotatable bonds is 2. The lowest BCUT2D eigenvalue weighted by atomic mass is 9.88. The van der Waals surface area contributed by atoms with Crippen LogP contribution in [0.5, 0.6) is 0 Å². The quantitative estimate of drug-likeness (QED) is 0.871. The molecule has 1 aromatic carbocycles. The third kappa shape index (κ3) is 2.47. The first-order valence-corrected chi connectivity index (χ1v) is 6.70. The summed E-state index contributed by atoms with van der Waals surface area (Å²) < 4.78 is 0. The summed E-state index contributed by atoms with van der Waals surface area (Å²) in [7, 11) is 0. The van der Waals surface area contributed by atoms with Crippen molar-refractivity contribution in [1.29, 1.82) is 0 Å². The van der Waals surface area contributed by atoms with E-state index in [1.54, 1.807) is 0 Å². The fraction of sp³-hybridized carbons (Fsp3) is 0.267. The van der Waals surface area contributed by atoms with E-state index in [-0.39, 0.29) is 11.9 Å². The number of nitrogens with two attached hydrogens (primary N) is 1. The van der Waals surface area contributed by atoms with Gasteiger partial charge < -0.3 is 11.1 Å². The Hall–Kier alpha value is -2.43. The molecule has 0 spiro atoms. The third-order valence-electron chi connectivity index (χ3n) is 3.58. The maximum absolute atomic E-state index is 12.2. The van der Waals surface area contributed by atoms with Gasteiger partial charge in [-0.15, -0.1) is 0 Å². The zero-order valence-electron chi connectivity index (χ0n) is 11.0. The molecule has 0 radical (unpaired) electrons. The van der Waals surface area contributed by atoms with E-state index in [1.165, 1.54) is 23.5 Å². The number of amides is 1. The molecule has 2 aromatic rings. The molecule has 1 heterocycles. The normalized spacial score (nSPS) is 17.3. The van der Waals surface area contributed by atoms with E-state index in [4.69, 9.17) is 5.73 Å². The molecule has 0 aliphatic heterocycles. The molecular weight excluding hydrogens is 252 g/mol. The lowest BCUT2D eigenvalue weighted by molar-refractivity contribution is 0.0927. The summed E-state index contributed by atoms with van der Waals surface area (Å²) in [6.07, 6.45) is 5.90. The lowest BCUT2D eigenvalue weighted by Crippen LogP contribution is -2.31. The number of nitrogens with one attached hydrogen (secondary N) is 1. The van der Waals surface area contributed by atoms with E-state index in [0.717, 1.165) is 19.3 Å². The molecule has 3 N–H and O–H groups in total. The highest BCUT2D eigenvalue weighted by Crippen LogP contribution is 2.29. The van der Waals surface area contributed by atoms with Crippen molar-refractivity contribution in [2.45, 2.75) is 25.3 Å². The highest BCUT2D eigenvalue weighted by Gasteiger charge is 2.22. The van der Waals surface area contributed by atoms with E-state index < -0.39 is 0 Å². The minimum absolute atomic E-state index is 0.0480. The van der Waals surface area contributed by atoms with E-state index in [1.807, 2.05) is 12.1 Å². The van der Waals surface area contributed by atoms with Crippen LogP contribution >= 0.6 is 0 Å². The Kier molecular flexibility index (Phi) is 3.33. The topological polar surface area (TPSA) is 80.9 Å². The molecule has 3 rings (SSSR count). The number of anilines is 1. The Morgan fingerprint density at radius 1 is 1.25 bits per heavy atom. The summed E-state index contributed by atoms with van der Waals surface area (Å²) in [5, 5.41) is 3.03. The van der Waals surface area contributed by atoms with Crippen LogP contribution in [0, 0.1) is 0 Å². The van der Waals surface area contributed by atoms with Crippen molar-refractivity contribution in [3.8, 4) is 0 Å². The fourth-order valence-corrected chi connectivity index (χ4v) is 2.59. The predicted molar refractivity (Wildman–Crippen MR) is 76.0 cm³/mol. The fourth-order valence-electron chi connectivity index (χ4n) is 2.59. The standard InChI is InChI=1S/C15H16N4O/c16-14-9-17-13(8-18-14)15(20)19-12-7-3-5-10-4-1-2-6-11(10)12/h1-2,4,6,8-9,12H,3,5,7H2,(H2,16,18)(H,19,20). The molecule has 0 fully saturated rings. The van der Waals surface area contributed by atoms with Crippen molar-refractivity contribution in [2.24, 2.45) is 0 Å². The summed E-state index contributed by atoms with van der Waals surface area (Å²) in [5.41, 5.74) is 8.28. The van der Waals surface area contributed by atoms with Crippen LogP contribution in [-0.4, -0.2) is 15.9 Å². The van der Waals surface area contributed by atoms with Gasteiger partial charge in [0.1, 0.15) is 11.5 Å². The van der Waals surface area contributed by atoms with Gasteiger partial charge in [0.15, 0.2) is 0 Å². The Morgan fingerprint density at radius 3 is 2.90 bits per heavy atom. The molecule has 1 amide bonds. The molecule has 1 atom stereocenters. The second-order valence-corrected chi connectivity index (χ2v) is 4.94. The Labute approximate surface area is 117 Å². The van der Waals surface area contributed by atoms with Crippen molar-refractivity contribution in [1.82, 2.24) is 15.3 Å². The maximum atomic E-state index is 12.2. The molecule has 1 unspecified atom stereocenters. The molecule has 102 valence electrons.